The van der Waals surface area contributed by atoms with Gasteiger partial charge in [0, 0.05) is 61.7 Å². The first-order chi connectivity index (χ1) is 15.2. The summed E-state index contributed by atoms with van der Waals surface area (Å²) in [5.41, 5.74) is 4.36. The number of hydrogen-bond donors (Lipinski definition) is 1. The number of benzene rings is 2. The van der Waals surface area contributed by atoms with Crippen LogP contribution < -0.4 is 19.5 Å². The third-order valence-electron chi connectivity index (χ3n) is 5.26. The van der Waals surface area contributed by atoms with E-state index in [0.717, 1.165) is 43.2 Å². The van der Waals surface area contributed by atoms with Crippen molar-refractivity contribution in [1.29, 1.82) is 0 Å². The molecule has 0 saturated heterocycles. The Morgan fingerprint density at radius 2 is 1.74 bits per heavy atom. The molecule has 31 heavy (non-hydrogen) atoms. The number of anilines is 2. The van der Waals surface area contributed by atoms with Crippen LogP contribution in [0.15, 0.2) is 48.7 Å². The number of aromatic nitrogens is 2. The van der Waals surface area contributed by atoms with Gasteiger partial charge in [0.1, 0.15) is 17.2 Å². The number of hydrogen-bond acceptors (Lipinski definition) is 7. The van der Waals surface area contributed by atoms with Crippen LogP contribution in [0.2, 0.25) is 0 Å². The monoisotopic (exact) mass is 420 g/mol. The molecule has 1 aliphatic heterocycles. The maximum Gasteiger partial charge on any atom is 0.227 e. The molecule has 0 radical (unpaired) electrons. The lowest BCUT2D eigenvalue weighted by Gasteiger charge is -2.28. The molecule has 0 bridgehead atoms. The normalized spacial score (nSPS) is 13.4. The molecule has 0 unspecified atom stereocenters. The van der Waals surface area contributed by atoms with Crippen molar-refractivity contribution in [3.8, 4) is 17.2 Å². The van der Waals surface area contributed by atoms with Gasteiger partial charge in [0.25, 0.3) is 0 Å². The first-order valence-electron chi connectivity index (χ1n) is 10.5. The molecule has 4 rings (SSSR count). The highest BCUT2D eigenvalue weighted by atomic mass is 16.5. The SMILES string of the molecule is CCOc1ccc(CN2CCc3nc(Nc4cc(OC)cc(OC)c4)ncc3C2)cc1. The standard InChI is InChI=1S/C24H28N4O3/c1-4-31-20-7-5-17(6-8-20)15-28-10-9-23-18(16-28)14-25-24(27-23)26-19-11-21(29-2)13-22(12-19)30-3/h5-8,11-14H,4,9-10,15-16H2,1-3H3,(H,25,26,27). The molecule has 3 aromatic rings. The third-order valence-corrected chi connectivity index (χ3v) is 5.26. The van der Waals surface area contributed by atoms with Crippen LogP contribution in [-0.4, -0.2) is 42.2 Å². The van der Waals surface area contributed by atoms with E-state index in [1.54, 1.807) is 14.2 Å². The number of nitrogens with zero attached hydrogens (tertiary/aromatic N) is 3. The van der Waals surface area contributed by atoms with Gasteiger partial charge in [-0.2, -0.15) is 0 Å². The zero-order chi connectivity index (χ0) is 21.6. The van der Waals surface area contributed by atoms with Gasteiger partial charge < -0.3 is 19.5 Å². The Bertz CT molecular complexity index is 1000. The lowest BCUT2D eigenvalue weighted by Crippen LogP contribution is -2.31. The second-order valence-corrected chi connectivity index (χ2v) is 7.43. The van der Waals surface area contributed by atoms with Crippen LogP contribution in [0.4, 0.5) is 11.6 Å². The summed E-state index contributed by atoms with van der Waals surface area (Å²) in [5, 5.41) is 3.26. The molecule has 0 atom stereocenters. The molecule has 7 nitrogen and oxygen atoms in total. The Labute approximate surface area is 183 Å². The molecule has 0 saturated carbocycles. The van der Waals surface area contributed by atoms with E-state index in [0.29, 0.717) is 24.1 Å². The van der Waals surface area contributed by atoms with Gasteiger partial charge in [-0.25, -0.2) is 9.97 Å². The van der Waals surface area contributed by atoms with E-state index in [-0.39, 0.29) is 0 Å². The highest BCUT2D eigenvalue weighted by Crippen LogP contribution is 2.28. The fraction of sp³-hybridized carbons (Fsp3) is 0.333. The average Bonchev–Trinajstić information content (AvgIpc) is 2.80. The molecule has 162 valence electrons. The first kappa shape index (κ1) is 20.9. The molecule has 2 heterocycles. The molecule has 1 N–H and O–H groups in total. The molecule has 7 heteroatoms. The van der Waals surface area contributed by atoms with Crippen LogP contribution in [0.3, 0.4) is 0 Å². The molecule has 1 aliphatic rings. The summed E-state index contributed by atoms with van der Waals surface area (Å²) in [7, 11) is 3.26. The summed E-state index contributed by atoms with van der Waals surface area (Å²) in [4.78, 5) is 11.7. The number of rotatable bonds is 8. The predicted molar refractivity (Wildman–Crippen MR) is 120 cm³/mol. The van der Waals surface area contributed by atoms with Crippen molar-refractivity contribution in [2.45, 2.75) is 26.4 Å². The molecular formula is C24H28N4O3. The summed E-state index contributed by atoms with van der Waals surface area (Å²) in [6.07, 6.45) is 2.82. The van der Waals surface area contributed by atoms with E-state index >= 15 is 0 Å². The van der Waals surface area contributed by atoms with E-state index in [1.807, 2.05) is 43.5 Å². The topological polar surface area (TPSA) is 68.7 Å². The molecular weight excluding hydrogens is 392 g/mol. The van der Waals surface area contributed by atoms with Gasteiger partial charge >= 0.3 is 0 Å². The van der Waals surface area contributed by atoms with Crippen molar-refractivity contribution in [2.75, 3.05) is 32.7 Å². The second kappa shape index (κ2) is 9.66. The minimum absolute atomic E-state index is 0.578. The second-order valence-electron chi connectivity index (χ2n) is 7.43. The summed E-state index contributed by atoms with van der Waals surface area (Å²) >= 11 is 0. The van der Waals surface area contributed by atoms with Gasteiger partial charge in [0.15, 0.2) is 0 Å². The molecule has 0 amide bonds. The predicted octanol–water partition coefficient (Wildman–Crippen LogP) is 4.19. The fourth-order valence-corrected chi connectivity index (χ4v) is 3.69. The maximum atomic E-state index is 5.53. The van der Waals surface area contributed by atoms with Gasteiger partial charge in [0.05, 0.1) is 26.5 Å². The summed E-state index contributed by atoms with van der Waals surface area (Å²) < 4.78 is 16.2. The van der Waals surface area contributed by atoms with Crippen LogP contribution in [0.1, 0.15) is 23.7 Å². The van der Waals surface area contributed by atoms with Crippen LogP contribution in [0.25, 0.3) is 0 Å². The lowest BCUT2D eigenvalue weighted by molar-refractivity contribution is 0.243. The molecule has 0 aliphatic carbocycles. The Hall–Kier alpha value is -3.32. The van der Waals surface area contributed by atoms with Gasteiger partial charge in [0.2, 0.25) is 5.95 Å². The Balaban J connectivity index is 1.41. The number of methoxy groups -OCH3 is 2. The zero-order valence-corrected chi connectivity index (χ0v) is 18.2. The van der Waals surface area contributed by atoms with Crippen LogP contribution >= 0.6 is 0 Å². The number of ether oxygens (including phenoxy) is 3. The molecule has 1 aromatic heterocycles. The number of nitrogens with one attached hydrogen (secondary N) is 1. The summed E-state index contributed by atoms with van der Waals surface area (Å²) in [6, 6.07) is 13.9. The molecule has 0 fully saturated rings. The Kier molecular flexibility index (Phi) is 6.52. The van der Waals surface area contributed by atoms with E-state index in [9.17, 15) is 0 Å². The van der Waals surface area contributed by atoms with E-state index < -0.39 is 0 Å². The first-order valence-corrected chi connectivity index (χ1v) is 10.5. The molecule has 0 spiro atoms. The van der Waals surface area contributed by atoms with E-state index in [2.05, 4.69) is 27.3 Å². The van der Waals surface area contributed by atoms with Crippen molar-refractivity contribution < 1.29 is 14.2 Å². The largest absolute Gasteiger partial charge is 0.497 e. The van der Waals surface area contributed by atoms with Gasteiger partial charge in [-0.05, 0) is 24.6 Å². The van der Waals surface area contributed by atoms with Crippen LogP contribution in [-0.2, 0) is 19.5 Å². The highest BCUT2D eigenvalue weighted by molar-refractivity contribution is 5.59. The van der Waals surface area contributed by atoms with Crippen molar-refractivity contribution in [1.82, 2.24) is 14.9 Å². The third kappa shape index (κ3) is 5.24. The molecule has 2 aromatic carbocycles. The van der Waals surface area contributed by atoms with Gasteiger partial charge in [-0.15, -0.1) is 0 Å². The van der Waals surface area contributed by atoms with Crippen molar-refractivity contribution in [3.63, 3.8) is 0 Å². The van der Waals surface area contributed by atoms with Gasteiger partial charge in [-0.1, -0.05) is 12.1 Å². The van der Waals surface area contributed by atoms with E-state index in [4.69, 9.17) is 19.2 Å². The van der Waals surface area contributed by atoms with Crippen molar-refractivity contribution in [3.05, 3.63) is 65.5 Å². The van der Waals surface area contributed by atoms with Gasteiger partial charge in [-0.3, -0.25) is 4.90 Å². The quantitative estimate of drug-likeness (QED) is 0.586. The van der Waals surface area contributed by atoms with Crippen LogP contribution in [0.5, 0.6) is 17.2 Å². The lowest BCUT2D eigenvalue weighted by atomic mass is 10.1. The number of fused-ring (bicyclic) bond motifs is 1. The zero-order valence-electron chi connectivity index (χ0n) is 18.2. The Morgan fingerprint density at radius 1 is 1.00 bits per heavy atom. The highest BCUT2D eigenvalue weighted by Gasteiger charge is 2.19. The van der Waals surface area contributed by atoms with Crippen LogP contribution in [0, 0.1) is 0 Å². The van der Waals surface area contributed by atoms with Crippen molar-refractivity contribution in [2.24, 2.45) is 0 Å². The summed E-state index contributed by atoms with van der Waals surface area (Å²) in [6.45, 7) is 5.38. The summed E-state index contributed by atoms with van der Waals surface area (Å²) in [5.74, 6) is 2.92. The van der Waals surface area contributed by atoms with E-state index in [1.165, 1.54) is 11.1 Å². The Morgan fingerprint density at radius 3 is 2.42 bits per heavy atom. The van der Waals surface area contributed by atoms with Crippen molar-refractivity contribution >= 4 is 11.6 Å². The fourth-order valence-electron chi connectivity index (χ4n) is 3.69. The minimum atomic E-state index is 0.578. The minimum Gasteiger partial charge on any atom is -0.497 e. The maximum absolute atomic E-state index is 5.53. The average molecular weight is 421 g/mol. The smallest absolute Gasteiger partial charge is 0.227 e.